The summed E-state index contributed by atoms with van der Waals surface area (Å²) in [7, 11) is 0. The highest BCUT2D eigenvalue weighted by molar-refractivity contribution is 9.10. The molecule has 1 aromatic carbocycles. The topological polar surface area (TPSA) is 109 Å². The SMILES string of the molecule is CCOC(=O)C1=NN(N=O)[C@@H]2C(=O)N(c3cccc(Br)c3)C(=O)[C@@H]12. The van der Waals surface area contributed by atoms with Crippen molar-refractivity contribution in [3.8, 4) is 0 Å². The van der Waals surface area contributed by atoms with E-state index in [4.69, 9.17) is 4.74 Å². The van der Waals surface area contributed by atoms with Gasteiger partial charge in [0.15, 0.2) is 11.8 Å². The number of nitroso groups, excluding NO2 is 1. The molecule has 124 valence electrons. The van der Waals surface area contributed by atoms with Crippen molar-refractivity contribution >= 4 is 45.1 Å². The van der Waals surface area contributed by atoms with Crippen LogP contribution in [0.3, 0.4) is 0 Å². The molecule has 2 aliphatic rings. The summed E-state index contributed by atoms with van der Waals surface area (Å²) in [5.41, 5.74) is 0.0279. The predicted octanol–water partition coefficient (Wildman–Crippen LogP) is 1.22. The molecule has 9 nitrogen and oxygen atoms in total. The van der Waals surface area contributed by atoms with E-state index >= 15 is 0 Å². The Kier molecular flexibility index (Phi) is 4.14. The molecule has 2 heterocycles. The number of imide groups is 1. The number of anilines is 1. The molecule has 2 atom stereocenters. The van der Waals surface area contributed by atoms with Gasteiger partial charge in [0.05, 0.1) is 17.6 Å². The molecule has 0 aliphatic carbocycles. The van der Waals surface area contributed by atoms with Gasteiger partial charge >= 0.3 is 5.97 Å². The second-order valence-corrected chi connectivity index (χ2v) is 5.94. The molecule has 0 unspecified atom stereocenters. The van der Waals surface area contributed by atoms with Crippen LogP contribution in [0, 0.1) is 10.8 Å². The summed E-state index contributed by atoms with van der Waals surface area (Å²) in [6, 6.07) is 5.27. The van der Waals surface area contributed by atoms with Gasteiger partial charge in [-0.2, -0.15) is 0 Å². The first-order valence-corrected chi connectivity index (χ1v) is 7.80. The Balaban J connectivity index is 2.02. The van der Waals surface area contributed by atoms with Crippen molar-refractivity contribution in [2.45, 2.75) is 13.0 Å². The summed E-state index contributed by atoms with van der Waals surface area (Å²) < 4.78 is 5.51. The number of hydrogen-bond acceptors (Lipinski definition) is 7. The number of fused-ring (bicyclic) bond motifs is 1. The number of carbonyl (C=O) groups is 3. The van der Waals surface area contributed by atoms with Gasteiger partial charge in [0.25, 0.3) is 5.91 Å². The molecule has 1 saturated heterocycles. The lowest BCUT2D eigenvalue weighted by atomic mass is 9.98. The normalized spacial score (nSPS) is 22.5. The fourth-order valence-electron chi connectivity index (χ4n) is 2.70. The van der Waals surface area contributed by atoms with Crippen molar-refractivity contribution in [3.63, 3.8) is 0 Å². The first-order chi connectivity index (χ1) is 11.5. The molecule has 0 radical (unpaired) electrons. The average molecular weight is 395 g/mol. The number of hydrazone groups is 1. The number of hydrogen-bond donors (Lipinski definition) is 0. The first-order valence-electron chi connectivity index (χ1n) is 7.01. The van der Waals surface area contributed by atoms with E-state index in [1.165, 1.54) is 0 Å². The highest BCUT2D eigenvalue weighted by Gasteiger charge is 2.59. The maximum atomic E-state index is 12.7. The Hall–Kier alpha value is -2.62. The van der Waals surface area contributed by atoms with Crippen molar-refractivity contribution in [2.75, 3.05) is 11.5 Å². The molecular weight excluding hydrogens is 384 g/mol. The van der Waals surface area contributed by atoms with Crippen LogP contribution in [-0.4, -0.2) is 41.3 Å². The second kappa shape index (κ2) is 6.11. The second-order valence-electron chi connectivity index (χ2n) is 5.02. The lowest BCUT2D eigenvalue weighted by molar-refractivity contribution is -0.136. The summed E-state index contributed by atoms with van der Waals surface area (Å²) >= 11 is 3.27. The summed E-state index contributed by atoms with van der Waals surface area (Å²) in [5.74, 6) is -3.39. The number of halogens is 1. The van der Waals surface area contributed by atoms with E-state index in [0.717, 1.165) is 4.90 Å². The summed E-state index contributed by atoms with van der Waals surface area (Å²) in [4.78, 5) is 49.2. The maximum absolute atomic E-state index is 12.7. The fraction of sp³-hybridized carbons (Fsp3) is 0.286. The van der Waals surface area contributed by atoms with E-state index in [1.807, 2.05) is 0 Å². The standard InChI is InChI=1S/C14H11BrN4O5/c1-2-24-14(22)10-9-11(19(16-10)17-23)13(21)18(12(9)20)8-5-3-4-7(15)6-8/h3-6,9,11H,2H2,1H3/t9-,11-/m0/s1. The number of carbonyl (C=O) groups excluding carboxylic acids is 3. The van der Waals surface area contributed by atoms with Crippen molar-refractivity contribution in [2.24, 2.45) is 16.3 Å². The molecule has 3 rings (SSSR count). The van der Waals surface area contributed by atoms with Crippen LogP contribution in [0.25, 0.3) is 0 Å². The average Bonchev–Trinajstić information content (AvgIpc) is 3.05. The first kappa shape index (κ1) is 16.2. The van der Waals surface area contributed by atoms with Gasteiger partial charge < -0.3 is 4.74 Å². The van der Waals surface area contributed by atoms with Crippen LogP contribution in [0.2, 0.25) is 0 Å². The van der Waals surface area contributed by atoms with E-state index in [0.29, 0.717) is 15.3 Å². The van der Waals surface area contributed by atoms with Crippen molar-refractivity contribution < 1.29 is 19.1 Å². The quantitative estimate of drug-likeness (QED) is 0.431. The summed E-state index contributed by atoms with van der Waals surface area (Å²) in [5, 5.41) is 6.86. The Labute approximate surface area is 144 Å². The molecule has 1 fully saturated rings. The molecule has 0 aromatic heterocycles. The van der Waals surface area contributed by atoms with E-state index < -0.39 is 29.7 Å². The molecule has 0 bridgehead atoms. The minimum absolute atomic E-state index is 0.0707. The van der Waals surface area contributed by atoms with Crippen LogP contribution in [0.15, 0.2) is 39.1 Å². The van der Waals surface area contributed by atoms with E-state index in [2.05, 4.69) is 26.3 Å². The van der Waals surface area contributed by atoms with Crippen LogP contribution in [0.5, 0.6) is 0 Å². The third-order valence-electron chi connectivity index (χ3n) is 3.66. The van der Waals surface area contributed by atoms with Crippen LogP contribution >= 0.6 is 15.9 Å². The number of amides is 2. The fourth-order valence-corrected chi connectivity index (χ4v) is 3.09. The Morgan fingerprint density at radius 3 is 2.75 bits per heavy atom. The van der Waals surface area contributed by atoms with Crippen molar-refractivity contribution in [1.29, 1.82) is 0 Å². The monoisotopic (exact) mass is 394 g/mol. The molecule has 0 N–H and O–H groups in total. The van der Waals surface area contributed by atoms with Crippen molar-refractivity contribution in [1.82, 2.24) is 5.12 Å². The molecule has 0 saturated carbocycles. The van der Waals surface area contributed by atoms with Gasteiger partial charge in [0.2, 0.25) is 5.91 Å². The third kappa shape index (κ3) is 2.39. The third-order valence-corrected chi connectivity index (χ3v) is 4.16. The highest BCUT2D eigenvalue weighted by atomic mass is 79.9. The van der Waals surface area contributed by atoms with Gasteiger partial charge in [-0.1, -0.05) is 22.0 Å². The van der Waals surface area contributed by atoms with Gasteiger partial charge in [-0.05, 0) is 25.1 Å². The minimum Gasteiger partial charge on any atom is -0.461 e. The van der Waals surface area contributed by atoms with Crippen LogP contribution < -0.4 is 4.90 Å². The van der Waals surface area contributed by atoms with Crippen LogP contribution in [0.4, 0.5) is 5.69 Å². The lowest BCUT2D eigenvalue weighted by Crippen LogP contribution is -2.36. The van der Waals surface area contributed by atoms with Gasteiger partial charge in [-0.15, -0.1) is 15.1 Å². The van der Waals surface area contributed by atoms with Crippen molar-refractivity contribution in [3.05, 3.63) is 33.6 Å². The molecule has 24 heavy (non-hydrogen) atoms. The smallest absolute Gasteiger partial charge is 0.355 e. The highest BCUT2D eigenvalue weighted by Crippen LogP contribution is 2.36. The van der Waals surface area contributed by atoms with E-state index in [-0.39, 0.29) is 12.3 Å². The summed E-state index contributed by atoms with van der Waals surface area (Å²) in [6.45, 7) is 1.66. The number of nitrogens with zero attached hydrogens (tertiary/aromatic N) is 4. The van der Waals surface area contributed by atoms with Crippen LogP contribution in [0.1, 0.15) is 6.92 Å². The predicted molar refractivity (Wildman–Crippen MR) is 85.6 cm³/mol. The Morgan fingerprint density at radius 1 is 1.38 bits per heavy atom. The molecule has 1 aromatic rings. The van der Waals surface area contributed by atoms with Gasteiger partial charge in [0, 0.05) is 4.47 Å². The zero-order valence-corrected chi connectivity index (χ0v) is 14.0. The van der Waals surface area contributed by atoms with Gasteiger partial charge in [-0.3, -0.25) is 9.59 Å². The van der Waals surface area contributed by atoms with E-state index in [1.54, 1.807) is 31.2 Å². The Morgan fingerprint density at radius 2 is 2.12 bits per heavy atom. The maximum Gasteiger partial charge on any atom is 0.355 e. The zero-order valence-electron chi connectivity index (χ0n) is 12.4. The molecule has 0 spiro atoms. The van der Waals surface area contributed by atoms with Gasteiger partial charge in [0.1, 0.15) is 5.92 Å². The largest absolute Gasteiger partial charge is 0.461 e. The van der Waals surface area contributed by atoms with Gasteiger partial charge in [-0.25, -0.2) is 9.69 Å². The lowest BCUT2D eigenvalue weighted by Gasteiger charge is -2.16. The minimum atomic E-state index is -1.27. The summed E-state index contributed by atoms with van der Waals surface area (Å²) in [6.07, 6.45) is 0. The molecule has 2 amide bonds. The van der Waals surface area contributed by atoms with Crippen LogP contribution in [-0.2, 0) is 19.1 Å². The number of rotatable bonds is 4. The number of benzene rings is 1. The van der Waals surface area contributed by atoms with E-state index in [9.17, 15) is 19.3 Å². The number of ether oxygens (including phenoxy) is 1. The Bertz CT molecular complexity index is 780. The zero-order chi connectivity index (χ0) is 17.4. The molecule has 2 aliphatic heterocycles. The molecular formula is C14H11BrN4O5. The molecule has 10 heteroatoms. The number of esters is 1.